The molecule has 4 heteroatoms. The van der Waals surface area contributed by atoms with Gasteiger partial charge in [-0.1, -0.05) is 30.3 Å². The van der Waals surface area contributed by atoms with Crippen LogP contribution in [0.1, 0.15) is 12.5 Å². The van der Waals surface area contributed by atoms with E-state index >= 15 is 0 Å². The van der Waals surface area contributed by atoms with E-state index in [1.807, 2.05) is 43.3 Å². The summed E-state index contributed by atoms with van der Waals surface area (Å²) in [7, 11) is 0. The molecule has 1 aliphatic rings. The first-order valence-corrected chi connectivity index (χ1v) is 4.47. The van der Waals surface area contributed by atoms with Crippen molar-refractivity contribution in [1.82, 2.24) is 16.3 Å². The van der Waals surface area contributed by atoms with Crippen molar-refractivity contribution in [3.63, 3.8) is 0 Å². The van der Waals surface area contributed by atoms with Gasteiger partial charge in [-0.15, -0.1) is 0 Å². The van der Waals surface area contributed by atoms with Crippen LogP contribution in [0.25, 0.3) is 0 Å². The third kappa shape index (κ3) is 1.69. The Morgan fingerprint density at radius 1 is 1.14 bits per heavy atom. The van der Waals surface area contributed by atoms with Gasteiger partial charge < -0.3 is 0 Å². The lowest BCUT2D eigenvalue weighted by atomic mass is 10.2. The number of hydrazine groups is 1. The highest BCUT2D eigenvalue weighted by molar-refractivity contribution is 5.98. The van der Waals surface area contributed by atoms with Crippen LogP contribution >= 0.6 is 0 Å². The molecule has 0 spiro atoms. The van der Waals surface area contributed by atoms with Crippen LogP contribution in [0.3, 0.4) is 0 Å². The Morgan fingerprint density at radius 3 is 2.50 bits per heavy atom. The van der Waals surface area contributed by atoms with E-state index in [1.54, 1.807) is 0 Å². The third-order valence-corrected chi connectivity index (χ3v) is 1.94. The topological polar surface area (TPSA) is 48.5 Å². The first kappa shape index (κ1) is 8.62. The van der Waals surface area contributed by atoms with Crippen LogP contribution in [0.4, 0.5) is 0 Å². The smallest absolute Gasteiger partial charge is 0.172 e. The second-order valence-corrected chi connectivity index (χ2v) is 2.89. The SMILES string of the molecule is CC=C1NN=C(c2ccccc2)NN1. The molecule has 0 amide bonds. The highest BCUT2D eigenvalue weighted by Gasteiger charge is 2.07. The van der Waals surface area contributed by atoms with Crippen molar-refractivity contribution in [1.29, 1.82) is 0 Å². The van der Waals surface area contributed by atoms with E-state index < -0.39 is 0 Å². The molecule has 4 nitrogen and oxygen atoms in total. The van der Waals surface area contributed by atoms with Crippen molar-refractivity contribution in [2.24, 2.45) is 5.10 Å². The largest absolute Gasteiger partial charge is 0.284 e. The Hall–Kier alpha value is -1.97. The molecule has 0 unspecified atom stereocenters. The summed E-state index contributed by atoms with van der Waals surface area (Å²) in [5, 5.41) is 4.18. The van der Waals surface area contributed by atoms with E-state index in [-0.39, 0.29) is 0 Å². The minimum atomic E-state index is 0.788. The molecule has 1 aliphatic heterocycles. The van der Waals surface area contributed by atoms with Crippen LogP contribution in [0.2, 0.25) is 0 Å². The normalized spacial score (nSPS) is 17.8. The monoisotopic (exact) mass is 188 g/mol. The van der Waals surface area contributed by atoms with Gasteiger partial charge in [0.25, 0.3) is 0 Å². The summed E-state index contributed by atoms with van der Waals surface area (Å²) in [5.74, 6) is 1.64. The van der Waals surface area contributed by atoms with E-state index in [1.165, 1.54) is 0 Å². The van der Waals surface area contributed by atoms with Gasteiger partial charge in [0, 0.05) is 5.56 Å². The van der Waals surface area contributed by atoms with E-state index in [0.717, 1.165) is 17.2 Å². The van der Waals surface area contributed by atoms with Crippen molar-refractivity contribution < 1.29 is 0 Å². The van der Waals surface area contributed by atoms with Gasteiger partial charge in [0.15, 0.2) is 5.84 Å². The van der Waals surface area contributed by atoms with Crippen molar-refractivity contribution in [2.45, 2.75) is 6.92 Å². The summed E-state index contributed by atoms with van der Waals surface area (Å²) in [6, 6.07) is 9.92. The fraction of sp³-hybridized carbons (Fsp3) is 0.100. The Kier molecular flexibility index (Phi) is 2.36. The summed E-state index contributed by atoms with van der Waals surface area (Å²) >= 11 is 0. The Morgan fingerprint density at radius 2 is 1.93 bits per heavy atom. The van der Waals surface area contributed by atoms with Gasteiger partial charge in [-0.05, 0) is 13.0 Å². The number of rotatable bonds is 1. The number of hydrogen-bond acceptors (Lipinski definition) is 4. The molecule has 1 heterocycles. The molecule has 14 heavy (non-hydrogen) atoms. The molecule has 0 radical (unpaired) electrons. The fourth-order valence-corrected chi connectivity index (χ4v) is 1.17. The molecular weight excluding hydrogens is 176 g/mol. The van der Waals surface area contributed by atoms with E-state index in [2.05, 4.69) is 21.4 Å². The first-order valence-electron chi connectivity index (χ1n) is 4.47. The van der Waals surface area contributed by atoms with E-state index in [9.17, 15) is 0 Å². The van der Waals surface area contributed by atoms with Gasteiger partial charge >= 0.3 is 0 Å². The van der Waals surface area contributed by atoms with Gasteiger partial charge in [-0.25, -0.2) is 0 Å². The predicted octanol–water partition coefficient (Wildman–Crippen LogP) is 0.907. The second kappa shape index (κ2) is 3.83. The van der Waals surface area contributed by atoms with Gasteiger partial charge in [0.2, 0.25) is 0 Å². The molecule has 2 rings (SSSR count). The number of hydrogen-bond donors (Lipinski definition) is 3. The number of nitrogens with zero attached hydrogens (tertiary/aromatic N) is 1. The van der Waals surface area contributed by atoms with Crippen molar-refractivity contribution in [3.8, 4) is 0 Å². The molecular formula is C10H12N4. The average Bonchev–Trinajstić information content (AvgIpc) is 2.30. The Balaban J connectivity index is 2.19. The lowest BCUT2D eigenvalue weighted by Crippen LogP contribution is -2.45. The maximum atomic E-state index is 4.18. The molecule has 0 saturated heterocycles. The molecule has 0 bridgehead atoms. The number of benzene rings is 1. The van der Waals surface area contributed by atoms with Crippen LogP contribution in [-0.2, 0) is 0 Å². The summed E-state index contributed by atoms with van der Waals surface area (Å²) in [5.41, 5.74) is 9.93. The molecule has 0 aromatic heterocycles. The van der Waals surface area contributed by atoms with Crippen molar-refractivity contribution in [3.05, 3.63) is 47.8 Å². The molecule has 1 aromatic carbocycles. The summed E-state index contributed by atoms with van der Waals surface area (Å²) < 4.78 is 0. The average molecular weight is 188 g/mol. The van der Waals surface area contributed by atoms with Crippen LogP contribution in [0.5, 0.6) is 0 Å². The zero-order valence-electron chi connectivity index (χ0n) is 7.91. The highest BCUT2D eigenvalue weighted by atomic mass is 15.5. The number of allylic oxidation sites excluding steroid dienone is 1. The zero-order chi connectivity index (χ0) is 9.80. The summed E-state index contributed by atoms with van der Waals surface area (Å²) in [4.78, 5) is 0. The predicted molar refractivity (Wildman–Crippen MR) is 56.1 cm³/mol. The minimum absolute atomic E-state index is 0.788. The molecule has 0 saturated carbocycles. The van der Waals surface area contributed by atoms with Crippen LogP contribution in [0, 0.1) is 0 Å². The minimum Gasteiger partial charge on any atom is -0.284 e. The first-order chi connectivity index (χ1) is 6.90. The van der Waals surface area contributed by atoms with Crippen LogP contribution in [-0.4, -0.2) is 5.84 Å². The highest BCUT2D eigenvalue weighted by Crippen LogP contribution is 2.00. The summed E-state index contributed by atoms with van der Waals surface area (Å²) in [6.07, 6.45) is 1.90. The lowest BCUT2D eigenvalue weighted by molar-refractivity contribution is 0.633. The zero-order valence-corrected chi connectivity index (χ0v) is 7.91. The molecule has 0 atom stereocenters. The van der Waals surface area contributed by atoms with E-state index in [4.69, 9.17) is 0 Å². The Labute approximate surface area is 82.7 Å². The standard InChI is InChI=1S/C10H12N4/c1-2-9-11-13-10(14-12-9)8-6-4-3-5-7-8/h2-7,11-12H,1H3,(H,13,14). The van der Waals surface area contributed by atoms with E-state index in [0.29, 0.717) is 0 Å². The lowest BCUT2D eigenvalue weighted by Gasteiger charge is -2.19. The van der Waals surface area contributed by atoms with Gasteiger partial charge in [-0.2, -0.15) is 5.10 Å². The molecule has 1 aromatic rings. The molecule has 0 aliphatic carbocycles. The molecule has 0 fully saturated rings. The van der Waals surface area contributed by atoms with Gasteiger partial charge in [0.1, 0.15) is 5.82 Å². The van der Waals surface area contributed by atoms with Gasteiger partial charge in [-0.3, -0.25) is 16.3 Å². The van der Waals surface area contributed by atoms with Crippen LogP contribution < -0.4 is 16.3 Å². The molecule has 72 valence electrons. The van der Waals surface area contributed by atoms with Crippen molar-refractivity contribution >= 4 is 5.84 Å². The van der Waals surface area contributed by atoms with Gasteiger partial charge in [0.05, 0.1) is 0 Å². The van der Waals surface area contributed by atoms with Crippen molar-refractivity contribution in [2.75, 3.05) is 0 Å². The Bertz CT molecular complexity index is 367. The third-order valence-electron chi connectivity index (χ3n) is 1.94. The maximum absolute atomic E-state index is 4.18. The van der Waals surface area contributed by atoms with Crippen LogP contribution in [0.15, 0.2) is 47.3 Å². The molecule has 3 N–H and O–H groups in total. The fourth-order valence-electron chi connectivity index (χ4n) is 1.17. The number of nitrogens with one attached hydrogen (secondary N) is 3. The maximum Gasteiger partial charge on any atom is 0.172 e. The second-order valence-electron chi connectivity index (χ2n) is 2.89. The number of hydrazone groups is 1. The quantitative estimate of drug-likeness (QED) is 0.614. The summed E-state index contributed by atoms with van der Waals surface area (Å²) in [6.45, 7) is 1.93. The number of amidine groups is 1.